The van der Waals surface area contributed by atoms with Crippen molar-refractivity contribution in [2.45, 2.75) is 70.1 Å². The molecule has 0 saturated heterocycles. The van der Waals surface area contributed by atoms with Gasteiger partial charge in [-0.25, -0.2) is 0 Å². The van der Waals surface area contributed by atoms with Gasteiger partial charge in [-0.15, -0.1) is 4.91 Å². The lowest BCUT2D eigenvalue weighted by Crippen LogP contribution is -2.27. The molecule has 0 atom stereocenters. The number of rotatable bonds is 18. The molecule has 0 spiro atoms. The Morgan fingerprint density at radius 2 is 0.506 bits per heavy atom. The van der Waals surface area contributed by atoms with E-state index in [0.29, 0.717) is 66.5 Å². The van der Waals surface area contributed by atoms with E-state index < -0.39 is 10.8 Å². The summed E-state index contributed by atoms with van der Waals surface area (Å²) in [5, 5.41) is 89.5. The van der Waals surface area contributed by atoms with E-state index >= 15 is 0 Å². The van der Waals surface area contributed by atoms with E-state index in [9.17, 15) is 45.8 Å². The summed E-state index contributed by atoms with van der Waals surface area (Å²) < 4.78 is 0. The molecule has 0 radical (unpaired) electrons. The van der Waals surface area contributed by atoms with E-state index in [4.69, 9.17) is 0 Å². The highest BCUT2D eigenvalue weighted by atomic mass is 16.3. The van der Waals surface area contributed by atoms with Gasteiger partial charge in [-0.05, 0) is 192 Å². The van der Waals surface area contributed by atoms with Crippen LogP contribution in [-0.4, -0.2) is 40.9 Å². The first kappa shape index (κ1) is 54.6. The zero-order valence-corrected chi connectivity index (χ0v) is 45.3. The van der Waals surface area contributed by atoms with Crippen LogP contribution in [0.1, 0.15) is 115 Å². The first-order chi connectivity index (χ1) is 38.9. The van der Waals surface area contributed by atoms with Crippen molar-refractivity contribution in [2.24, 2.45) is 5.18 Å². The van der Waals surface area contributed by atoms with Gasteiger partial charge < -0.3 is 40.9 Å². The second-order valence-corrected chi connectivity index (χ2v) is 21.9. The molecule has 10 aromatic rings. The lowest BCUT2D eigenvalue weighted by atomic mass is 9.68. The predicted molar refractivity (Wildman–Crippen MR) is 318 cm³/mol. The molecule has 0 aliphatic carbocycles. The van der Waals surface area contributed by atoms with Crippen LogP contribution in [0.5, 0.6) is 46.0 Å². The lowest BCUT2D eigenvalue weighted by Gasteiger charge is -2.35. The summed E-state index contributed by atoms with van der Waals surface area (Å²) in [6.45, 7) is 6.46. The summed E-state index contributed by atoms with van der Waals surface area (Å²) in [6, 6.07) is 62.3. The predicted octanol–water partition coefficient (Wildman–Crippen LogP) is 15.0. The fourth-order valence-corrected chi connectivity index (χ4v) is 11.0. The molecular weight excluding hydrogens is 1010 g/mol. The van der Waals surface area contributed by atoms with E-state index in [0.717, 1.165) is 72.3 Å². The van der Waals surface area contributed by atoms with Crippen LogP contribution in [0, 0.1) is 4.91 Å². The minimum absolute atomic E-state index is 0.122. The molecule has 0 aliphatic heterocycles. The van der Waals surface area contributed by atoms with E-state index in [1.54, 1.807) is 72.8 Å². The van der Waals surface area contributed by atoms with Crippen LogP contribution < -0.4 is 0 Å². The Kier molecular flexibility index (Phi) is 15.4. The molecule has 81 heavy (non-hydrogen) atoms. The minimum atomic E-state index is -1.00. The first-order valence-electron chi connectivity index (χ1n) is 26.9. The quantitative estimate of drug-likeness (QED) is 0.0305. The van der Waals surface area contributed by atoms with E-state index in [-0.39, 0.29) is 46.0 Å². The third-order valence-electron chi connectivity index (χ3n) is 15.9. The average molecular weight is 1070 g/mol. The number of phenolic OH excluding ortho intramolecular Hbond substituents is 8. The molecule has 0 fully saturated rings. The molecule has 10 aromatic carbocycles. The Bertz CT molecular complexity index is 3500. The largest absolute Gasteiger partial charge is 0.508 e. The first-order valence-corrected chi connectivity index (χ1v) is 26.9. The topological polar surface area (TPSA) is 191 Å². The Morgan fingerprint density at radius 1 is 0.284 bits per heavy atom. The summed E-state index contributed by atoms with van der Waals surface area (Å²) in [6.07, 6.45) is 2.11. The molecule has 0 amide bonds. The molecule has 0 unspecified atom stereocenters. The fourth-order valence-electron chi connectivity index (χ4n) is 11.0. The molecule has 10 rings (SSSR count). The van der Waals surface area contributed by atoms with Crippen LogP contribution in [0.3, 0.4) is 0 Å². The standard InChI is InChI=1S/C71H63NO9/c1-70(2,58-38-50(32-44-4-20-61(73)21-5-44)67(72-81)51(39-58)33-45-6-22-62(74)23-7-45)56-16-18-57(19-17-56)71(3,59-40-52(34-46-8-24-63(75)25-9-46)68(79)53(41-59)35-47-10-26-64(76)27-11-47)60-42-54(36-48-12-28-65(77)29-13-48)69(80)55(43-60)37-49-14-30-66(78)31-15-49/h4-31,38-43,73-80H,32-37H2,1-3H3. The van der Waals surface area contributed by atoms with E-state index in [2.05, 4.69) is 50.2 Å². The monoisotopic (exact) mass is 1070 g/mol. The Morgan fingerprint density at radius 3 is 0.753 bits per heavy atom. The maximum atomic E-state index is 12.9. The van der Waals surface area contributed by atoms with Gasteiger partial charge in [-0.2, -0.15) is 0 Å². The van der Waals surface area contributed by atoms with Crippen molar-refractivity contribution >= 4 is 5.69 Å². The van der Waals surface area contributed by atoms with E-state index in [1.165, 1.54) is 0 Å². The fraction of sp³-hybridized carbons (Fsp3) is 0.155. The normalized spacial score (nSPS) is 11.6. The van der Waals surface area contributed by atoms with Gasteiger partial charge in [0.2, 0.25) is 0 Å². The third kappa shape index (κ3) is 12.1. The van der Waals surface area contributed by atoms with Crippen LogP contribution in [0.2, 0.25) is 0 Å². The number of hydrogen-bond donors (Lipinski definition) is 8. The van der Waals surface area contributed by atoms with Gasteiger partial charge in [-0.3, -0.25) is 0 Å². The average Bonchev–Trinajstić information content (AvgIpc) is 3.56. The molecule has 0 bridgehead atoms. The minimum Gasteiger partial charge on any atom is -0.508 e. The van der Waals surface area contributed by atoms with Crippen LogP contribution >= 0.6 is 0 Å². The van der Waals surface area contributed by atoms with Crippen molar-refractivity contribution in [3.63, 3.8) is 0 Å². The number of benzene rings is 10. The smallest absolute Gasteiger partial charge is 0.122 e. The lowest BCUT2D eigenvalue weighted by molar-refractivity contribution is 0.461. The molecule has 10 heteroatoms. The molecule has 10 nitrogen and oxygen atoms in total. The van der Waals surface area contributed by atoms with E-state index in [1.807, 2.05) is 109 Å². The molecule has 0 saturated carbocycles. The maximum absolute atomic E-state index is 12.9. The molecule has 0 heterocycles. The third-order valence-corrected chi connectivity index (χ3v) is 15.9. The van der Waals surface area contributed by atoms with Gasteiger partial charge in [0.25, 0.3) is 0 Å². The summed E-state index contributed by atoms with van der Waals surface area (Å²) in [5.74, 6) is 1.02. The van der Waals surface area contributed by atoms with Gasteiger partial charge in [0.1, 0.15) is 51.7 Å². The molecule has 0 aliphatic rings. The molecule has 0 aromatic heterocycles. The molecule has 406 valence electrons. The Hall–Kier alpha value is -9.80. The second-order valence-electron chi connectivity index (χ2n) is 21.9. The SMILES string of the molecule is CC(C)(c1ccc(C(C)(c2cc(Cc3ccc(O)cc3)c(O)c(Cc3ccc(O)cc3)c2)c2cc(Cc3ccc(O)cc3)c(O)c(Cc3ccc(O)cc3)c2)cc1)c1cc(Cc2ccc(O)cc2)c(N=O)c(Cc2ccc(O)cc2)c1. The highest BCUT2D eigenvalue weighted by Gasteiger charge is 2.36. The summed E-state index contributed by atoms with van der Waals surface area (Å²) in [7, 11) is 0. The van der Waals surface area contributed by atoms with Crippen molar-refractivity contribution in [3.8, 4) is 46.0 Å². The van der Waals surface area contributed by atoms with Gasteiger partial charge in [-0.1, -0.05) is 147 Å². The summed E-state index contributed by atoms with van der Waals surface area (Å²) in [5.41, 5.74) is 12.6. The highest BCUT2D eigenvalue weighted by Crippen LogP contribution is 2.47. The number of nitroso groups, excluding NO2 is 1. The van der Waals surface area contributed by atoms with Crippen molar-refractivity contribution in [1.82, 2.24) is 0 Å². The number of aromatic hydroxyl groups is 8. The summed E-state index contributed by atoms with van der Waals surface area (Å²) >= 11 is 0. The van der Waals surface area contributed by atoms with Gasteiger partial charge in [0.05, 0.1) is 0 Å². The van der Waals surface area contributed by atoms with Crippen LogP contribution in [0.4, 0.5) is 5.69 Å². The van der Waals surface area contributed by atoms with Crippen molar-refractivity contribution < 1.29 is 40.9 Å². The Balaban J connectivity index is 1.16. The van der Waals surface area contributed by atoms with Crippen LogP contribution in [0.15, 0.2) is 211 Å². The second kappa shape index (κ2) is 22.9. The maximum Gasteiger partial charge on any atom is 0.122 e. The van der Waals surface area contributed by atoms with Gasteiger partial charge >= 0.3 is 0 Å². The molecule has 8 N–H and O–H groups in total. The van der Waals surface area contributed by atoms with Gasteiger partial charge in [0.15, 0.2) is 0 Å². The van der Waals surface area contributed by atoms with Crippen LogP contribution in [0.25, 0.3) is 0 Å². The molecular formula is C71H63NO9. The number of nitrogens with zero attached hydrogens (tertiary/aromatic N) is 1. The van der Waals surface area contributed by atoms with Gasteiger partial charge in [0, 0.05) is 36.5 Å². The van der Waals surface area contributed by atoms with Crippen molar-refractivity contribution in [3.05, 3.63) is 306 Å². The summed E-state index contributed by atoms with van der Waals surface area (Å²) in [4.78, 5) is 12.9. The van der Waals surface area contributed by atoms with Crippen molar-refractivity contribution in [1.29, 1.82) is 0 Å². The number of phenols is 8. The zero-order valence-electron chi connectivity index (χ0n) is 45.3. The zero-order chi connectivity index (χ0) is 57.0. The van der Waals surface area contributed by atoms with Crippen LogP contribution in [-0.2, 0) is 49.4 Å². The Labute approximate surface area is 471 Å². The number of hydrogen-bond acceptors (Lipinski definition) is 10. The highest BCUT2D eigenvalue weighted by molar-refractivity contribution is 5.63. The van der Waals surface area contributed by atoms with Crippen molar-refractivity contribution in [2.75, 3.05) is 0 Å².